The summed E-state index contributed by atoms with van der Waals surface area (Å²) in [7, 11) is -1.50. The first kappa shape index (κ1) is 13.6. The third kappa shape index (κ3) is 2.96. The Kier molecular flexibility index (Phi) is 4.14. The number of carbonyl (C=O) groups is 1. The topological polar surface area (TPSA) is 46.2 Å². The summed E-state index contributed by atoms with van der Waals surface area (Å²) in [6.45, 7) is 1.65. The van der Waals surface area contributed by atoms with Crippen molar-refractivity contribution in [1.29, 1.82) is 0 Å². The molecule has 1 aliphatic carbocycles. The van der Waals surface area contributed by atoms with Gasteiger partial charge in [0.25, 0.3) is 0 Å². The van der Waals surface area contributed by atoms with Crippen LogP contribution in [0.25, 0.3) is 0 Å². The zero-order valence-corrected chi connectivity index (χ0v) is 11.4. The Hall–Kier alpha value is -0.780. The number of hydrogen-bond donors (Lipinski definition) is 1. The van der Waals surface area contributed by atoms with Gasteiger partial charge in [0.05, 0.1) is 15.5 Å². The van der Waals surface area contributed by atoms with Crippen molar-refractivity contribution in [1.82, 2.24) is 4.72 Å². The van der Waals surface area contributed by atoms with E-state index in [9.17, 15) is 13.4 Å². The van der Waals surface area contributed by atoms with Crippen LogP contribution in [-0.2, 0) is 11.0 Å². The maximum absolute atomic E-state index is 13.6. The fraction of sp³-hybridized carbons (Fsp3) is 0.417. The summed E-state index contributed by atoms with van der Waals surface area (Å²) in [5.41, 5.74) is -0.0529. The predicted molar refractivity (Wildman–Crippen MR) is 68.6 cm³/mol. The highest BCUT2D eigenvalue weighted by atomic mass is 35.5. The van der Waals surface area contributed by atoms with Crippen LogP contribution in [0.1, 0.15) is 36.5 Å². The minimum Gasteiger partial charge on any atom is -0.294 e. The summed E-state index contributed by atoms with van der Waals surface area (Å²) in [5, 5.41) is 0.0756. The normalized spacial score (nSPS) is 16.6. The van der Waals surface area contributed by atoms with Crippen molar-refractivity contribution in [2.45, 2.75) is 37.1 Å². The highest BCUT2D eigenvalue weighted by Gasteiger charge is 2.25. The molecule has 0 amide bonds. The van der Waals surface area contributed by atoms with Crippen LogP contribution in [0, 0.1) is 5.82 Å². The van der Waals surface area contributed by atoms with Gasteiger partial charge < -0.3 is 0 Å². The quantitative estimate of drug-likeness (QED) is 0.847. The zero-order valence-electron chi connectivity index (χ0n) is 9.83. The van der Waals surface area contributed by atoms with Crippen LogP contribution in [0.2, 0.25) is 5.02 Å². The van der Waals surface area contributed by atoms with Gasteiger partial charge in [-0.1, -0.05) is 18.5 Å². The fourth-order valence-electron chi connectivity index (χ4n) is 1.49. The Morgan fingerprint density at radius 1 is 1.56 bits per heavy atom. The largest absolute Gasteiger partial charge is 0.294 e. The van der Waals surface area contributed by atoms with E-state index in [1.807, 2.05) is 0 Å². The lowest BCUT2D eigenvalue weighted by Crippen LogP contribution is -2.20. The van der Waals surface area contributed by atoms with Gasteiger partial charge in [-0.2, -0.15) is 0 Å². The Labute approximate surface area is 112 Å². The zero-order chi connectivity index (χ0) is 13.3. The first-order valence-electron chi connectivity index (χ1n) is 5.73. The molecule has 1 fully saturated rings. The minimum atomic E-state index is -1.50. The molecule has 1 aromatic carbocycles. The summed E-state index contributed by atoms with van der Waals surface area (Å²) in [6, 6.07) is 2.57. The maximum Gasteiger partial charge on any atom is 0.165 e. The standard InChI is InChI=1S/C12H13ClFNO2S/c1-2-11(16)8-5-12(9(13)6-10(8)14)18(17)15-7-3-4-7/h5-7,15H,2-4H2,1H3. The SMILES string of the molecule is CCC(=O)c1cc(S(=O)NC2CC2)c(Cl)cc1F. The molecule has 1 N–H and O–H groups in total. The van der Waals surface area contributed by atoms with Gasteiger partial charge in [-0.05, 0) is 25.0 Å². The van der Waals surface area contributed by atoms with E-state index in [-0.39, 0.29) is 33.7 Å². The van der Waals surface area contributed by atoms with E-state index in [4.69, 9.17) is 11.6 Å². The van der Waals surface area contributed by atoms with E-state index in [2.05, 4.69) is 4.72 Å². The van der Waals surface area contributed by atoms with Crippen LogP contribution >= 0.6 is 11.6 Å². The van der Waals surface area contributed by atoms with Crippen LogP contribution in [-0.4, -0.2) is 16.0 Å². The van der Waals surface area contributed by atoms with Gasteiger partial charge in [-0.25, -0.2) is 13.3 Å². The first-order chi connectivity index (χ1) is 8.52. The third-order valence-corrected chi connectivity index (χ3v) is 4.40. The molecule has 0 aliphatic heterocycles. The second-order valence-electron chi connectivity index (χ2n) is 4.20. The van der Waals surface area contributed by atoms with Crippen molar-refractivity contribution in [3.8, 4) is 0 Å². The first-order valence-corrected chi connectivity index (χ1v) is 7.26. The van der Waals surface area contributed by atoms with E-state index in [1.165, 1.54) is 6.07 Å². The summed E-state index contributed by atoms with van der Waals surface area (Å²) >= 11 is 5.86. The Morgan fingerprint density at radius 3 is 2.78 bits per heavy atom. The van der Waals surface area contributed by atoms with Gasteiger partial charge in [0, 0.05) is 12.5 Å². The Balaban J connectivity index is 2.33. The predicted octanol–water partition coefficient (Wildman–Crippen LogP) is 2.85. The lowest BCUT2D eigenvalue weighted by atomic mass is 10.1. The van der Waals surface area contributed by atoms with E-state index in [0.717, 1.165) is 18.9 Å². The number of rotatable bonds is 5. The highest BCUT2D eigenvalue weighted by Crippen LogP contribution is 2.26. The van der Waals surface area contributed by atoms with Crippen molar-refractivity contribution in [3.05, 3.63) is 28.5 Å². The van der Waals surface area contributed by atoms with Gasteiger partial charge in [-0.3, -0.25) is 4.79 Å². The smallest absolute Gasteiger partial charge is 0.165 e. The van der Waals surface area contributed by atoms with Gasteiger partial charge >= 0.3 is 0 Å². The summed E-state index contributed by atoms with van der Waals surface area (Å²) < 4.78 is 28.4. The molecule has 1 unspecified atom stereocenters. The monoisotopic (exact) mass is 289 g/mol. The molecule has 1 aromatic rings. The number of ketones is 1. The van der Waals surface area contributed by atoms with Gasteiger partial charge in [0.1, 0.15) is 16.8 Å². The average Bonchev–Trinajstić information content (AvgIpc) is 3.12. The molecule has 0 saturated heterocycles. The van der Waals surface area contributed by atoms with Crippen LogP contribution < -0.4 is 4.72 Å². The van der Waals surface area contributed by atoms with E-state index in [0.29, 0.717) is 0 Å². The van der Waals surface area contributed by atoms with Crippen molar-refractivity contribution in [2.75, 3.05) is 0 Å². The molecule has 1 atom stereocenters. The molecule has 3 nitrogen and oxygen atoms in total. The van der Waals surface area contributed by atoms with Gasteiger partial charge in [-0.15, -0.1) is 0 Å². The molecule has 2 rings (SSSR count). The fourth-order valence-corrected chi connectivity index (χ4v) is 2.98. The molecule has 98 valence electrons. The average molecular weight is 290 g/mol. The second kappa shape index (κ2) is 5.47. The second-order valence-corrected chi connectivity index (χ2v) is 5.82. The molecule has 6 heteroatoms. The maximum atomic E-state index is 13.6. The number of halogens is 2. The minimum absolute atomic E-state index is 0.0529. The van der Waals surface area contributed by atoms with E-state index in [1.54, 1.807) is 6.92 Å². The van der Waals surface area contributed by atoms with Crippen LogP contribution in [0.4, 0.5) is 4.39 Å². The van der Waals surface area contributed by atoms with Gasteiger partial charge in [0.15, 0.2) is 5.78 Å². The van der Waals surface area contributed by atoms with E-state index < -0.39 is 16.8 Å². The molecule has 0 heterocycles. The molecule has 18 heavy (non-hydrogen) atoms. The van der Waals surface area contributed by atoms with E-state index >= 15 is 0 Å². The Bertz CT molecular complexity index is 517. The summed E-state index contributed by atoms with van der Waals surface area (Å²) in [6.07, 6.45) is 2.15. The number of Topliss-reactive ketones (excluding diaryl/α,β-unsaturated/α-hetero) is 1. The van der Waals surface area contributed by atoms with Crippen LogP contribution in [0.3, 0.4) is 0 Å². The number of nitrogens with one attached hydrogen (secondary N) is 1. The summed E-state index contributed by atoms with van der Waals surface area (Å²) in [4.78, 5) is 11.8. The lowest BCUT2D eigenvalue weighted by molar-refractivity contribution is 0.0984. The summed E-state index contributed by atoms with van der Waals surface area (Å²) in [5.74, 6) is -0.993. The molecule has 0 aromatic heterocycles. The molecule has 0 radical (unpaired) electrons. The highest BCUT2D eigenvalue weighted by molar-refractivity contribution is 7.83. The number of hydrogen-bond acceptors (Lipinski definition) is 2. The molecule has 0 bridgehead atoms. The molecular formula is C12H13ClFNO2S. The van der Waals surface area contributed by atoms with Gasteiger partial charge in [0.2, 0.25) is 0 Å². The number of carbonyl (C=O) groups excluding carboxylic acids is 1. The van der Waals surface area contributed by atoms with Crippen molar-refractivity contribution < 1.29 is 13.4 Å². The lowest BCUT2D eigenvalue weighted by Gasteiger charge is -2.08. The van der Waals surface area contributed by atoms with Crippen molar-refractivity contribution in [2.24, 2.45) is 0 Å². The Morgan fingerprint density at radius 2 is 2.22 bits per heavy atom. The number of benzene rings is 1. The molecular weight excluding hydrogens is 277 g/mol. The van der Waals surface area contributed by atoms with Crippen LogP contribution in [0.15, 0.2) is 17.0 Å². The molecule has 1 aliphatic rings. The van der Waals surface area contributed by atoms with Crippen molar-refractivity contribution in [3.63, 3.8) is 0 Å². The molecule has 0 spiro atoms. The van der Waals surface area contributed by atoms with Crippen LogP contribution in [0.5, 0.6) is 0 Å². The van der Waals surface area contributed by atoms with Crippen molar-refractivity contribution >= 4 is 28.4 Å². The third-order valence-electron chi connectivity index (χ3n) is 2.69. The molecule has 1 saturated carbocycles.